The lowest BCUT2D eigenvalue weighted by Crippen LogP contribution is -2.28. The number of carbonyl (C=O) groups excluding carboxylic acids is 1. The van der Waals surface area contributed by atoms with Crippen molar-refractivity contribution in [2.75, 3.05) is 18.9 Å². The van der Waals surface area contributed by atoms with Gasteiger partial charge in [-0.3, -0.25) is 4.79 Å². The number of amides is 1. The fraction of sp³-hybridized carbons (Fsp3) is 0.333. The summed E-state index contributed by atoms with van der Waals surface area (Å²) in [5, 5.41) is 4.43. The lowest BCUT2D eigenvalue weighted by molar-refractivity contribution is -0.116. The Kier molecular flexibility index (Phi) is 5.86. The Balaban J connectivity index is 1.81. The summed E-state index contributed by atoms with van der Waals surface area (Å²) in [6.45, 7) is 2.13. The molecule has 0 fully saturated rings. The number of aryl methyl sites for hydroxylation is 1. The summed E-state index contributed by atoms with van der Waals surface area (Å²) in [6, 6.07) is 8.66. The van der Waals surface area contributed by atoms with Crippen LogP contribution in [0.25, 0.3) is 0 Å². The molecule has 0 saturated heterocycles. The average Bonchev–Trinajstić information content (AvgIpc) is 3.02. The van der Waals surface area contributed by atoms with Crippen LogP contribution in [-0.4, -0.2) is 37.2 Å². The van der Waals surface area contributed by atoms with Gasteiger partial charge in [0.2, 0.25) is 5.91 Å². The molecule has 2 rings (SSSR count). The molecule has 1 amide bonds. The van der Waals surface area contributed by atoms with Crippen LogP contribution in [0.3, 0.4) is 0 Å². The first-order chi connectivity index (χ1) is 10.9. The molecule has 0 atom stereocenters. The maximum atomic E-state index is 12.2. The highest BCUT2D eigenvalue weighted by atomic mass is 32.2. The van der Waals surface area contributed by atoms with Gasteiger partial charge in [-0.1, -0.05) is 12.1 Å². The number of thiophene rings is 1. The Morgan fingerprint density at radius 1 is 1.30 bits per heavy atom. The van der Waals surface area contributed by atoms with Gasteiger partial charge >= 0.3 is 0 Å². The molecule has 0 aliphatic heterocycles. The largest absolute Gasteiger partial charge is 0.311 e. The van der Waals surface area contributed by atoms with Crippen LogP contribution in [0.5, 0.6) is 0 Å². The van der Waals surface area contributed by atoms with Crippen LogP contribution in [0.15, 0.2) is 39.9 Å². The van der Waals surface area contributed by atoms with E-state index in [0.717, 1.165) is 5.69 Å². The van der Waals surface area contributed by atoms with E-state index in [1.54, 1.807) is 23.6 Å². The highest BCUT2D eigenvalue weighted by Gasteiger charge is 2.21. The van der Waals surface area contributed by atoms with E-state index in [1.165, 1.54) is 22.7 Å². The summed E-state index contributed by atoms with van der Waals surface area (Å²) in [5.41, 5.74) is 0.824. The number of pyridine rings is 1. The van der Waals surface area contributed by atoms with Gasteiger partial charge < -0.3 is 5.32 Å². The van der Waals surface area contributed by atoms with Crippen molar-refractivity contribution in [2.45, 2.75) is 24.0 Å². The van der Waals surface area contributed by atoms with Crippen LogP contribution in [0.2, 0.25) is 0 Å². The number of anilines is 1. The lowest BCUT2D eigenvalue weighted by Gasteiger charge is -2.15. The Hall–Kier alpha value is -1.77. The molecule has 0 aliphatic carbocycles. The monoisotopic (exact) mass is 353 g/mol. The van der Waals surface area contributed by atoms with E-state index in [0.29, 0.717) is 16.4 Å². The molecule has 2 aromatic rings. The standard InChI is InChI=1S/C15H19N3O3S2/c1-12-6-3-7-13(16-12)17-14(19)8-4-10-18(2)23(20,21)15-9-5-11-22-15/h3,5-7,9,11H,4,8,10H2,1-2H3,(H,16,17,19). The number of nitrogens with zero attached hydrogens (tertiary/aromatic N) is 2. The third-order valence-corrected chi connectivity index (χ3v) is 6.42. The van der Waals surface area contributed by atoms with E-state index in [9.17, 15) is 13.2 Å². The molecule has 0 bridgehead atoms. The molecule has 2 heterocycles. The molecule has 8 heteroatoms. The van der Waals surface area contributed by atoms with E-state index in [1.807, 2.05) is 19.1 Å². The number of nitrogens with one attached hydrogen (secondary N) is 1. The first-order valence-electron chi connectivity index (χ1n) is 7.13. The number of carbonyl (C=O) groups is 1. The molecular formula is C15H19N3O3S2. The highest BCUT2D eigenvalue weighted by molar-refractivity contribution is 7.91. The predicted octanol–water partition coefficient (Wildman–Crippen LogP) is 2.49. The maximum Gasteiger partial charge on any atom is 0.252 e. The van der Waals surface area contributed by atoms with Gasteiger partial charge in [-0.05, 0) is 36.9 Å². The molecule has 2 aromatic heterocycles. The molecular weight excluding hydrogens is 334 g/mol. The number of rotatable bonds is 7. The summed E-state index contributed by atoms with van der Waals surface area (Å²) >= 11 is 1.18. The third-order valence-electron chi connectivity index (χ3n) is 3.19. The Bertz CT molecular complexity index is 758. The van der Waals surface area contributed by atoms with Gasteiger partial charge in [0.05, 0.1) is 0 Å². The second-order valence-corrected chi connectivity index (χ2v) is 8.29. The minimum absolute atomic E-state index is 0.176. The van der Waals surface area contributed by atoms with Crippen molar-refractivity contribution in [2.24, 2.45) is 0 Å². The fourth-order valence-corrected chi connectivity index (χ4v) is 4.37. The number of aromatic nitrogens is 1. The molecule has 0 saturated carbocycles. The minimum Gasteiger partial charge on any atom is -0.311 e. The smallest absolute Gasteiger partial charge is 0.252 e. The van der Waals surface area contributed by atoms with E-state index in [-0.39, 0.29) is 18.9 Å². The third kappa shape index (κ3) is 4.85. The highest BCUT2D eigenvalue weighted by Crippen LogP contribution is 2.20. The van der Waals surface area contributed by atoms with E-state index in [2.05, 4.69) is 10.3 Å². The first-order valence-corrected chi connectivity index (χ1v) is 9.45. The van der Waals surface area contributed by atoms with Crippen LogP contribution in [0.4, 0.5) is 5.82 Å². The summed E-state index contributed by atoms with van der Waals surface area (Å²) in [5.74, 6) is 0.333. The van der Waals surface area contributed by atoms with Gasteiger partial charge in [-0.2, -0.15) is 0 Å². The topological polar surface area (TPSA) is 79.4 Å². The fourth-order valence-electron chi connectivity index (χ4n) is 1.96. The zero-order valence-corrected chi connectivity index (χ0v) is 14.7. The first kappa shape index (κ1) is 17.6. The van der Waals surface area contributed by atoms with Crippen molar-refractivity contribution < 1.29 is 13.2 Å². The van der Waals surface area contributed by atoms with Crippen molar-refractivity contribution in [1.82, 2.24) is 9.29 Å². The quantitative estimate of drug-likeness (QED) is 0.829. The second kappa shape index (κ2) is 7.67. The average molecular weight is 353 g/mol. The van der Waals surface area contributed by atoms with Crippen molar-refractivity contribution in [3.63, 3.8) is 0 Å². The Labute approximate surface area is 140 Å². The van der Waals surface area contributed by atoms with Gasteiger partial charge in [0, 0.05) is 25.7 Å². The molecule has 23 heavy (non-hydrogen) atoms. The SMILES string of the molecule is Cc1cccc(NC(=O)CCCN(C)S(=O)(=O)c2cccs2)n1. The molecule has 0 aliphatic rings. The molecule has 0 unspecified atom stereocenters. The number of hydrogen-bond acceptors (Lipinski definition) is 5. The molecule has 0 spiro atoms. The second-order valence-electron chi connectivity index (χ2n) is 5.07. The van der Waals surface area contributed by atoms with Crippen molar-refractivity contribution >= 4 is 33.1 Å². The van der Waals surface area contributed by atoms with Gasteiger partial charge in [0.25, 0.3) is 10.0 Å². The van der Waals surface area contributed by atoms with Crippen molar-refractivity contribution in [3.05, 3.63) is 41.4 Å². The molecule has 6 nitrogen and oxygen atoms in total. The molecule has 0 radical (unpaired) electrons. The zero-order chi connectivity index (χ0) is 16.9. The number of sulfonamides is 1. The van der Waals surface area contributed by atoms with Crippen LogP contribution < -0.4 is 5.32 Å². The summed E-state index contributed by atoms with van der Waals surface area (Å²) < 4.78 is 26.0. The molecule has 124 valence electrons. The van der Waals surface area contributed by atoms with Gasteiger partial charge in [0.1, 0.15) is 10.0 Å². The summed E-state index contributed by atoms with van der Waals surface area (Å²) in [7, 11) is -1.93. The molecule has 1 N–H and O–H groups in total. The Morgan fingerprint density at radius 3 is 2.74 bits per heavy atom. The lowest BCUT2D eigenvalue weighted by atomic mass is 10.3. The maximum absolute atomic E-state index is 12.2. The van der Waals surface area contributed by atoms with Gasteiger partial charge in [-0.25, -0.2) is 17.7 Å². The van der Waals surface area contributed by atoms with Gasteiger partial charge in [0.15, 0.2) is 0 Å². The normalized spacial score (nSPS) is 11.6. The zero-order valence-electron chi connectivity index (χ0n) is 13.0. The minimum atomic E-state index is -3.45. The summed E-state index contributed by atoms with van der Waals surface area (Å²) in [4.78, 5) is 16.1. The van der Waals surface area contributed by atoms with Crippen LogP contribution in [-0.2, 0) is 14.8 Å². The van der Waals surface area contributed by atoms with Crippen molar-refractivity contribution in [3.8, 4) is 0 Å². The Morgan fingerprint density at radius 2 is 2.09 bits per heavy atom. The van der Waals surface area contributed by atoms with Crippen LogP contribution in [0.1, 0.15) is 18.5 Å². The van der Waals surface area contributed by atoms with E-state index in [4.69, 9.17) is 0 Å². The van der Waals surface area contributed by atoms with Crippen LogP contribution >= 0.6 is 11.3 Å². The van der Waals surface area contributed by atoms with E-state index < -0.39 is 10.0 Å². The van der Waals surface area contributed by atoms with Crippen molar-refractivity contribution in [1.29, 1.82) is 0 Å². The van der Waals surface area contributed by atoms with Gasteiger partial charge in [-0.15, -0.1) is 11.3 Å². The molecule has 0 aromatic carbocycles. The summed E-state index contributed by atoms with van der Waals surface area (Å²) in [6.07, 6.45) is 0.679. The van der Waals surface area contributed by atoms with E-state index >= 15 is 0 Å². The number of hydrogen-bond donors (Lipinski definition) is 1. The predicted molar refractivity (Wildman–Crippen MR) is 91.0 cm³/mol. The van der Waals surface area contributed by atoms with Crippen LogP contribution in [0, 0.1) is 6.92 Å².